The Labute approximate surface area is 100 Å². The van der Waals surface area contributed by atoms with Gasteiger partial charge in [-0.1, -0.05) is 18.2 Å². The third-order valence-electron chi connectivity index (χ3n) is 3.15. The van der Waals surface area contributed by atoms with E-state index in [0.717, 1.165) is 23.3 Å². The van der Waals surface area contributed by atoms with E-state index in [4.69, 9.17) is 10.5 Å². The molecule has 2 atom stereocenters. The van der Waals surface area contributed by atoms with Gasteiger partial charge in [0.25, 0.3) is 0 Å². The molecule has 0 bridgehead atoms. The van der Waals surface area contributed by atoms with Crippen molar-refractivity contribution >= 4 is 0 Å². The third kappa shape index (κ3) is 1.80. The molecular weight excluding hydrogens is 214 g/mol. The van der Waals surface area contributed by atoms with E-state index in [2.05, 4.69) is 5.10 Å². The first-order valence-corrected chi connectivity index (χ1v) is 5.74. The van der Waals surface area contributed by atoms with Crippen LogP contribution in [0.15, 0.2) is 36.7 Å². The molecule has 2 N–H and O–H groups in total. The van der Waals surface area contributed by atoms with Crippen LogP contribution in [0.25, 0.3) is 0 Å². The van der Waals surface area contributed by atoms with Crippen LogP contribution < -0.4 is 10.5 Å². The highest BCUT2D eigenvalue weighted by atomic mass is 16.5. The highest BCUT2D eigenvalue weighted by molar-refractivity contribution is 5.38. The fourth-order valence-corrected chi connectivity index (χ4v) is 2.26. The van der Waals surface area contributed by atoms with Crippen molar-refractivity contribution < 1.29 is 4.74 Å². The molecule has 0 amide bonds. The average molecular weight is 229 g/mol. The normalized spacial score (nSPS) is 22.9. The Morgan fingerprint density at radius 1 is 1.41 bits per heavy atom. The predicted molar refractivity (Wildman–Crippen MR) is 64.6 cm³/mol. The van der Waals surface area contributed by atoms with Crippen LogP contribution in [0.1, 0.15) is 29.7 Å². The minimum atomic E-state index is 0.00796. The summed E-state index contributed by atoms with van der Waals surface area (Å²) in [4.78, 5) is 0. The Morgan fingerprint density at radius 3 is 3.00 bits per heavy atom. The maximum absolute atomic E-state index is 6.17. The fourth-order valence-electron chi connectivity index (χ4n) is 2.26. The molecule has 0 saturated heterocycles. The van der Waals surface area contributed by atoms with Crippen LogP contribution in [0, 0.1) is 0 Å². The molecule has 1 aromatic carbocycles. The molecule has 0 spiro atoms. The number of nitrogens with two attached hydrogens (primary N) is 1. The molecule has 2 aromatic rings. The Kier molecular flexibility index (Phi) is 2.37. The van der Waals surface area contributed by atoms with Crippen LogP contribution >= 0.6 is 0 Å². The smallest absolute Gasteiger partial charge is 0.129 e. The van der Waals surface area contributed by atoms with Gasteiger partial charge in [0.2, 0.25) is 0 Å². The van der Waals surface area contributed by atoms with Crippen molar-refractivity contribution in [1.29, 1.82) is 0 Å². The first-order chi connectivity index (χ1) is 8.24. The van der Waals surface area contributed by atoms with E-state index >= 15 is 0 Å². The highest BCUT2D eigenvalue weighted by Crippen LogP contribution is 2.39. The van der Waals surface area contributed by atoms with Crippen LogP contribution in [0.4, 0.5) is 0 Å². The van der Waals surface area contributed by atoms with Crippen LogP contribution in [0.2, 0.25) is 0 Å². The zero-order valence-electron chi connectivity index (χ0n) is 9.71. The van der Waals surface area contributed by atoms with Gasteiger partial charge in [-0.3, -0.25) is 4.68 Å². The number of rotatable bonds is 1. The van der Waals surface area contributed by atoms with Gasteiger partial charge in [-0.25, -0.2) is 0 Å². The Bertz CT molecular complexity index is 535. The standard InChI is InChI=1S/C13H15N3O/c1-16-8-9(7-15-16)13-6-11(14)10-4-2-3-5-12(10)17-13/h2-5,7-8,11,13H,6,14H2,1H3/t11-,13?/m0/s1. The predicted octanol–water partition coefficient (Wildman–Crippen LogP) is 1.94. The summed E-state index contributed by atoms with van der Waals surface area (Å²) in [5, 5.41) is 4.17. The summed E-state index contributed by atoms with van der Waals surface area (Å²) in [6.45, 7) is 0. The summed E-state index contributed by atoms with van der Waals surface area (Å²) in [6, 6.07) is 7.99. The number of hydrogen-bond acceptors (Lipinski definition) is 3. The lowest BCUT2D eigenvalue weighted by Crippen LogP contribution is -2.23. The lowest BCUT2D eigenvalue weighted by Gasteiger charge is -2.29. The topological polar surface area (TPSA) is 53.1 Å². The van der Waals surface area contributed by atoms with Crippen molar-refractivity contribution in [3.63, 3.8) is 0 Å². The van der Waals surface area contributed by atoms with Gasteiger partial charge in [0.05, 0.1) is 6.20 Å². The molecule has 1 unspecified atom stereocenters. The Hall–Kier alpha value is -1.81. The minimum absolute atomic E-state index is 0.00796. The average Bonchev–Trinajstić information content (AvgIpc) is 2.76. The molecule has 0 aliphatic carbocycles. The maximum Gasteiger partial charge on any atom is 0.129 e. The molecule has 1 aliphatic rings. The van der Waals surface area contributed by atoms with E-state index in [-0.39, 0.29) is 12.1 Å². The van der Waals surface area contributed by atoms with Gasteiger partial charge in [0.15, 0.2) is 0 Å². The maximum atomic E-state index is 6.17. The molecule has 4 nitrogen and oxygen atoms in total. The van der Waals surface area contributed by atoms with Crippen LogP contribution in [0.5, 0.6) is 5.75 Å². The minimum Gasteiger partial charge on any atom is -0.485 e. The summed E-state index contributed by atoms with van der Waals surface area (Å²) < 4.78 is 7.75. The Morgan fingerprint density at radius 2 is 2.24 bits per heavy atom. The summed E-state index contributed by atoms with van der Waals surface area (Å²) in [7, 11) is 1.90. The summed E-state index contributed by atoms with van der Waals surface area (Å²) >= 11 is 0. The molecule has 4 heteroatoms. The zero-order valence-corrected chi connectivity index (χ0v) is 9.71. The number of para-hydroxylation sites is 1. The van der Waals surface area contributed by atoms with Crippen molar-refractivity contribution in [3.8, 4) is 5.75 Å². The number of nitrogens with zero attached hydrogens (tertiary/aromatic N) is 2. The van der Waals surface area contributed by atoms with E-state index in [0.29, 0.717) is 0 Å². The summed E-state index contributed by atoms with van der Waals surface area (Å²) in [5.41, 5.74) is 8.35. The quantitative estimate of drug-likeness (QED) is 0.813. The number of ether oxygens (including phenoxy) is 1. The van der Waals surface area contributed by atoms with Crippen molar-refractivity contribution in [2.24, 2.45) is 12.8 Å². The molecule has 0 radical (unpaired) electrons. The molecule has 2 heterocycles. The molecule has 3 rings (SSSR count). The van der Waals surface area contributed by atoms with Crippen LogP contribution in [0.3, 0.4) is 0 Å². The van der Waals surface area contributed by atoms with E-state index in [9.17, 15) is 0 Å². The molecular formula is C13H15N3O. The van der Waals surface area contributed by atoms with Gasteiger partial charge in [-0.2, -0.15) is 5.10 Å². The monoisotopic (exact) mass is 229 g/mol. The summed E-state index contributed by atoms with van der Waals surface area (Å²) in [6.07, 6.45) is 4.62. The van der Waals surface area contributed by atoms with Crippen LogP contribution in [-0.4, -0.2) is 9.78 Å². The molecule has 0 saturated carbocycles. The van der Waals surface area contributed by atoms with E-state index in [1.807, 2.05) is 43.7 Å². The lowest BCUT2D eigenvalue weighted by atomic mass is 9.95. The van der Waals surface area contributed by atoms with Gasteiger partial charge in [0.1, 0.15) is 11.9 Å². The zero-order chi connectivity index (χ0) is 11.8. The van der Waals surface area contributed by atoms with Gasteiger partial charge in [-0.05, 0) is 6.07 Å². The first kappa shape index (κ1) is 10.4. The van der Waals surface area contributed by atoms with Crippen LogP contribution in [-0.2, 0) is 7.05 Å². The second-order valence-electron chi connectivity index (χ2n) is 4.43. The SMILES string of the molecule is Cn1cc(C2C[C@H](N)c3ccccc3O2)cn1. The van der Waals surface area contributed by atoms with E-state index in [1.54, 1.807) is 4.68 Å². The second-order valence-corrected chi connectivity index (χ2v) is 4.43. The number of aromatic nitrogens is 2. The highest BCUT2D eigenvalue weighted by Gasteiger charge is 2.27. The van der Waals surface area contributed by atoms with Crippen molar-refractivity contribution in [1.82, 2.24) is 9.78 Å². The van der Waals surface area contributed by atoms with Crippen molar-refractivity contribution in [2.75, 3.05) is 0 Å². The Balaban J connectivity index is 1.93. The van der Waals surface area contributed by atoms with E-state index in [1.165, 1.54) is 0 Å². The first-order valence-electron chi connectivity index (χ1n) is 5.74. The van der Waals surface area contributed by atoms with Gasteiger partial charge < -0.3 is 10.5 Å². The molecule has 1 aromatic heterocycles. The number of aryl methyl sites for hydroxylation is 1. The fraction of sp³-hybridized carbons (Fsp3) is 0.308. The third-order valence-corrected chi connectivity index (χ3v) is 3.15. The molecule has 1 aliphatic heterocycles. The van der Waals surface area contributed by atoms with E-state index < -0.39 is 0 Å². The number of fused-ring (bicyclic) bond motifs is 1. The second kappa shape index (κ2) is 3.89. The van der Waals surface area contributed by atoms with Gasteiger partial charge in [-0.15, -0.1) is 0 Å². The van der Waals surface area contributed by atoms with Crippen molar-refractivity contribution in [2.45, 2.75) is 18.6 Å². The lowest BCUT2D eigenvalue weighted by molar-refractivity contribution is 0.161. The molecule has 0 fully saturated rings. The largest absolute Gasteiger partial charge is 0.485 e. The molecule has 17 heavy (non-hydrogen) atoms. The number of hydrogen-bond donors (Lipinski definition) is 1. The molecule has 88 valence electrons. The van der Waals surface area contributed by atoms with Crippen molar-refractivity contribution in [3.05, 3.63) is 47.8 Å². The summed E-state index contributed by atoms with van der Waals surface area (Å²) in [5.74, 6) is 0.889. The van der Waals surface area contributed by atoms with Gasteiger partial charge in [0, 0.05) is 36.8 Å². The number of benzene rings is 1. The van der Waals surface area contributed by atoms with Gasteiger partial charge >= 0.3 is 0 Å².